The molecule has 3 nitrogen and oxygen atoms in total. The van der Waals surface area contributed by atoms with Crippen molar-refractivity contribution >= 4 is 0 Å². The summed E-state index contributed by atoms with van der Waals surface area (Å²) in [6, 6.07) is 9.97. The van der Waals surface area contributed by atoms with Crippen LogP contribution in [0.2, 0.25) is 0 Å². The zero-order valence-corrected chi connectivity index (χ0v) is 11.0. The molecule has 3 heteroatoms. The van der Waals surface area contributed by atoms with Gasteiger partial charge in [-0.25, -0.2) is 0 Å². The molecule has 18 heavy (non-hydrogen) atoms. The fourth-order valence-corrected chi connectivity index (χ4v) is 1.98. The van der Waals surface area contributed by atoms with E-state index in [0.29, 0.717) is 6.54 Å². The molecule has 0 saturated heterocycles. The van der Waals surface area contributed by atoms with Crippen molar-refractivity contribution in [3.63, 3.8) is 0 Å². The molecular formula is C15H18N2O. The van der Waals surface area contributed by atoms with Crippen molar-refractivity contribution in [2.45, 2.75) is 20.4 Å². The molecule has 1 aromatic heterocycles. The third-order valence-corrected chi connectivity index (χ3v) is 3.00. The van der Waals surface area contributed by atoms with Crippen molar-refractivity contribution in [3.05, 3.63) is 63.6 Å². The number of aryl methyl sites for hydroxylation is 2. The van der Waals surface area contributed by atoms with Gasteiger partial charge in [-0.2, -0.15) is 0 Å². The molecule has 0 fully saturated rings. The fourth-order valence-electron chi connectivity index (χ4n) is 1.98. The number of hydrogen-bond donors (Lipinski definition) is 1. The highest BCUT2D eigenvalue weighted by Crippen LogP contribution is 2.12. The minimum atomic E-state index is 0.0882. The van der Waals surface area contributed by atoms with Crippen LogP contribution in [0.4, 0.5) is 0 Å². The first-order valence-corrected chi connectivity index (χ1v) is 6.05. The normalized spacial score (nSPS) is 10.6. The Kier molecular flexibility index (Phi) is 3.63. The van der Waals surface area contributed by atoms with Crippen molar-refractivity contribution in [2.24, 2.45) is 0 Å². The van der Waals surface area contributed by atoms with Crippen LogP contribution in [0.3, 0.4) is 0 Å². The van der Waals surface area contributed by atoms with E-state index in [4.69, 9.17) is 0 Å². The van der Waals surface area contributed by atoms with Crippen LogP contribution in [-0.2, 0) is 6.54 Å². The molecule has 0 amide bonds. The van der Waals surface area contributed by atoms with Crippen molar-refractivity contribution in [1.29, 1.82) is 0 Å². The minimum absolute atomic E-state index is 0.0882. The standard InChI is InChI=1S/C15H18N2O/c1-11-4-6-14(7-5-11)17-10-13(9-16-3)15(18)8-12(17)2/h4-8,10,16H,9H2,1-3H3. The summed E-state index contributed by atoms with van der Waals surface area (Å²) in [6.07, 6.45) is 1.92. The van der Waals surface area contributed by atoms with Crippen LogP contribution in [0.15, 0.2) is 41.3 Å². The Bertz CT molecular complexity index is 597. The number of benzene rings is 1. The highest BCUT2D eigenvalue weighted by molar-refractivity contribution is 5.37. The lowest BCUT2D eigenvalue weighted by Gasteiger charge is -2.13. The van der Waals surface area contributed by atoms with Crippen LogP contribution in [0.5, 0.6) is 0 Å². The maximum atomic E-state index is 11.8. The van der Waals surface area contributed by atoms with Gasteiger partial charge in [-0.05, 0) is 33.0 Å². The number of nitrogens with one attached hydrogen (secondary N) is 1. The molecule has 0 radical (unpaired) electrons. The SMILES string of the molecule is CNCc1cn(-c2ccc(C)cc2)c(C)cc1=O. The van der Waals surface area contributed by atoms with Gasteiger partial charge in [0.25, 0.3) is 0 Å². The molecule has 1 aromatic carbocycles. The molecule has 94 valence electrons. The number of aromatic nitrogens is 1. The Labute approximate surface area is 107 Å². The van der Waals surface area contributed by atoms with Crippen LogP contribution in [0, 0.1) is 13.8 Å². The Balaban J connectivity index is 2.53. The third-order valence-electron chi connectivity index (χ3n) is 3.00. The lowest BCUT2D eigenvalue weighted by molar-refractivity contribution is 0.794. The molecule has 0 saturated carbocycles. The van der Waals surface area contributed by atoms with Gasteiger partial charge in [0.15, 0.2) is 5.43 Å². The highest BCUT2D eigenvalue weighted by atomic mass is 16.1. The molecule has 0 aliphatic heterocycles. The first-order chi connectivity index (χ1) is 8.61. The van der Waals surface area contributed by atoms with Crippen molar-refractivity contribution in [2.75, 3.05) is 7.05 Å². The lowest BCUT2D eigenvalue weighted by atomic mass is 10.2. The summed E-state index contributed by atoms with van der Waals surface area (Å²) in [5, 5.41) is 3.02. The van der Waals surface area contributed by atoms with Crippen LogP contribution in [0.1, 0.15) is 16.8 Å². The molecule has 0 aliphatic carbocycles. The van der Waals surface area contributed by atoms with E-state index in [1.807, 2.05) is 24.7 Å². The number of pyridine rings is 1. The fraction of sp³-hybridized carbons (Fsp3) is 0.267. The molecular weight excluding hydrogens is 224 g/mol. The van der Waals surface area contributed by atoms with Crippen molar-refractivity contribution in [1.82, 2.24) is 9.88 Å². The van der Waals surface area contributed by atoms with E-state index in [1.54, 1.807) is 6.07 Å². The summed E-state index contributed by atoms with van der Waals surface area (Å²) in [5.74, 6) is 0. The largest absolute Gasteiger partial charge is 0.321 e. The Morgan fingerprint density at radius 2 is 1.83 bits per heavy atom. The predicted octanol–water partition coefficient (Wildman–Crippen LogP) is 2.17. The van der Waals surface area contributed by atoms with E-state index in [9.17, 15) is 4.79 Å². The average molecular weight is 242 g/mol. The highest BCUT2D eigenvalue weighted by Gasteiger charge is 2.04. The zero-order valence-electron chi connectivity index (χ0n) is 11.0. The summed E-state index contributed by atoms with van der Waals surface area (Å²) >= 11 is 0. The first kappa shape index (κ1) is 12.6. The van der Waals surface area contributed by atoms with Gasteiger partial charge in [0.1, 0.15) is 0 Å². The van der Waals surface area contributed by atoms with E-state index >= 15 is 0 Å². The van der Waals surface area contributed by atoms with E-state index in [1.165, 1.54) is 5.56 Å². The van der Waals surface area contributed by atoms with Gasteiger partial charge >= 0.3 is 0 Å². The van der Waals surface area contributed by atoms with Crippen LogP contribution in [-0.4, -0.2) is 11.6 Å². The number of nitrogens with zero attached hydrogens (tertiary/aromatic N) is 1. The summed E-state index contributed by atoms with van der Waals surface area (Å²) in [4.78, 5) is 11.8. The lowest BCUT2D eigenvalue weighted by Crippen LogP contribution is -2.19. The van der Waals surface area contributed by atoms with Gasteiger partial charge in [0, 0.05) is 35.8 Å². The van der Waals surface area contributed by atoms with E-state index in [-0.39, 0.29) is 5.43 Å². The third kappa shape index (κ3) is 2.51. The van der Waals surface area contributed by atoms with Gasteiger partial charge < -0.3 is 9.88 Å². The Morgan fingerprint density at radius 1 is 1.17 bits per heavy atom. The number of hydrogen-bond acceptors (Lipinski definition) is 2. The molecule has 2 rings (SSSR count). The van der Waals surface area contributed by atoms with Gasteiger partial charge in [-0.1, -0.05) is 17.7 Å². The predicted molar refractivity (Wildman–Crippen MR) is 74.3 cm³/mol. The summed E-state index contributed by atoms with van der Waals surface area (Å²) in [7, 11) is 1.84. The van der Waals surface area contributed by atoms with Crippen LogP contribution >= 0.6 is 0 Å². The molecule has 0 atom stereocenters. The topological polar surface area (TPSA) is 34.0 Å². The van der Waals surface area contributed by atoms with Gasteiger partial charge in [-0.15, -0.1) is 0 Å². The summed E-state index contributed by atoms with van der Waals surface area (Å²) in [5.41, 5.74) is 4.13. The second kappa shape index (κ2) is 5.19. The summed E-state index contributed by atoms with van der Waals surface area (Å²) < 4.78 is 2.05. The molecule has 0 aliphatic rings. The second-order valence-corrected chi connectivity index (χ2v) is 4.54. The zero-order chi connectivity index (χ0) is 13.1. The molecule has 0 bridgehead atoms. The maximum absolute atomic E-state index is 11.8. The van der Waals surface area contributed by atoms with Crippen LogP contribution < -0.4 is 10.7 Å². The summed E-state index contributed by atoms with van der Waals surface area (Å²) in [6.45, 7) is 4.60. The second-order valence-electron chi connectivity index (χ2n) is 4.54. The molecule has 1 N–H and O–H groups in total. The van der Waals surface area contributed by atoms with E-state index < -0.39 is 0 Å². The maximum Gasteiger partial charge on any atom is 0.186 e. The first-order valence-electron chi connectivity index (χ1n) is 6.05. The molecule has 0 unspecified atom stereocenters. The Hall–Kier alpha value is -1.87. The molecule has 2 aromatic rings. The van der Waals surface area contributed by atoms with Crippen LogP contribution in [0.25, 0.3) is 5.69 Å². The van der Waals surface area contributed by atoms with Crippen molar-refractivity contribution < 1.29 is 0 Å². The van der Waals surface area contributed by atoms with Gasteiger partial charge in [0.05, 0.1) is 0 Å². The quantitative estimate of drug-likeness (QED) is 0.895. The van der Waals surface area contributed by atoms with Crippen molar-refractivity contribution in [3.8, 4) is 5.69 Å². The Morgan fingerprint density at radius 3 is 2.44 bits per heavy atom. The van der Waals surface area contributed by atoms with E-state index in [2.05, 4.69) is 36.5 Å². The molecule has 1 heterocycles. The number of rotatable bonds is 3. The molecule has 0 spiro atoms. The monoisotopic (exact) mass is 242 g/mol. The van der Waals surface area contributed by atoms with E-state index in [0.717, 1.165) is 16.9 Å². The minimum Gasteiger partial charge on any atom is -0.321 e. The smallest absolute Gasteiger partial charge is 0.186 e. The average Bonchev–Trinajstić information content (AvgIpc) is 2.34. The van der Waals surface area contributed by atoms with Gasteiger partial charge in [-0.3, -0.25) is 4.79 Å². The van der Waals surface area contributed by atoms with Gasteiger partial charge in [0.2, 0.25) is 0 Å².